The largest absolute Gasteiger partial charge is 0.496 e. The molecule has 0 saturated heterocycles. The van der Waals surface area contributed by atoms with Crippen molar-refractivity contribution in [1.29, 1.82) is 0 Å². The number of hydrogen-bond donors (Lipinski definition) is 0. The van der Waals surface area contributed by atoms with Crippen molar-refractivity contribution < 1.29 is 14.2 Å². The first-order valence-electron chi connectivity index (χ1n) is 9.80. The number of rotatable bonds is 7. The Morgan fingerprint density at radius 2 is 2.00 bits per heavy atom. The maximum Gasteiger partial charge on any atom is 0.231 e. The van der Waals surface area contributed by atoms with Crippen LogP contribution in [-0.4, -0.2) is 33.7 Å². The van der Waals surface area contributed by atoms with Crippen molar-refractivity contribution in [3.8, 4) is 39.2 Å². The third-order valence-electron chi connectivity index (χ3n) is 4.90. The lowest BCUT2D eigenvalue weighted by molar-refractivity contribution is 0.174. The van der Waals surface area contributed by atoms with E-state index in [1.807, 2.05) is 42.5 Å². The van der Waals surface area contributed by atoms with Crippen LogP contribution in [0.5, 0.6) is 17.2 Å². The molecule has 9 heteroatoms. The van der Waals surface area contributed by atoms with E-state index in [4.69, 9.17) is 19.2 Å². The van der Waals surface area contributed by atoms with Gasteiger partial charge in [-0.05, 0) is 37.3 Å². The van der Waals surface area contributed by atoms with Crippen molar-refractivity contribution in [1.82, 2.24) is 19.7 Å². The van der Waals surface area contributed by atoms with Gasteiger partial charge in [-0.2, -0.15) is 0 Å². The average molecular weight is 453 g/mol. The van der Waals surface area contributed by atoms with Gasteiger partial charge in [0.25, 0.3) is 0 Å². The topological polar surface area (TPSA) is 71.3 Å². The van der Waals surface area contributed by atoms with Gasteiger partial charge in [0.05, 0.1) is 18.4 Å². The SMILES string of the molecule is CCn1c(SCc2csc(-c3ccc4c(c3)OCO4)n2)nnc1-c1ccccc1OC. The molecule has 0 N–H and O–H groups in total. The summed E-state index contributed by atoms with van der Waals surface area (Å²) in [5.74, 6) is 3.85. The average Bonchev–Trinajstić information content (AvgIpc) is 3.56. The molecule has 158 valence electrons. The van der Waals surface area contributed by atoms with Crippen molar-refractivity contribution >= 4 is 23.1 Å². The first-order chi connectivity index (χ1) is 15.3. The minimum absolute atomic E-state index is 0.271. The molecule has 7 nitrogen and oxygen atoms in total. The van der Waals surface area contributed by atoms with Gasteiger partial charge in [0.1, 0.15) is 10.8 Å². The molecule has 3 heterocycles. The van der Waals surface area contributed by atoms with Crippen molar-refractivity contribution in [3.63, 3.8) is 0 Å². The van der Waals surface area contributed by atoms with Crippen LogP contribution in [0.1, 0.15) is 12.6 Å². The van der Waals surface area contributed by atoms with Crippen LogP contribution in [0.15, 0.2) is 53.0 Å². The first-order valence-corrected chi connectivity index (χ1v) is 11.7. The highest BCUT2D eigenvalue weighted by atomic mass is 32.2. The molecular formula is C22H20N4O3S2. The maximum absolute atomic E-state index is 5.50. The Balaban J connectivity index is 1.34. The predicted molar refractivity (Wildman–Crippen MR) is 121 cm³/mol. The third kappa shape index (κ3) is 3.86. The van der Waals surface area contributed by atoms with Gasteiger partial charge in [-0.25, -0.2) is 4.98 Å². The summed E-state index contributed by atoms with van der Waals surface area (Å²) in [4.78, 5) is 4.79. The Morgan fingerprint density at radius 1 is 1.13 bits per heavy atom. The summed E-state index contributed by atoms with van der Waals surface area (Å²) in [7, 11) is 1.67. The van der Waals surface area contributed by atoms with E-state index in [-0.39, 0.29) is 6.79 Å². The zero-order chi connectivity index (χ0) is 21.2. The smallest absolute Gasteiger partial charge is 0.231 e. The Kier molecular flexibility index (Phi) is 5.52. The first kappa shape index (κ1) is 19.9. The van der Waals surface area contributed by atoms with Crippen LogP contribution in [0.4, 0.5) is 0 Å². The summed E-state index contributed by atoms with van der Waals surface area (Å²) in [5.41, 5.74) is 2.97. The van der Waals surface area contributed by atoms with E-state index in [0.29, 0.717) is 5.75 Å². The minimum atomic E-state index is 0.271. The Bertz CT molecular complexity index is 1220. The van der Waals surface area contributed by atoms with Crippen LogP contribution in [0.2, 0.25) is 0 Å². The van der Waals surface area contributed by atoms with Crippen LogP contribution in [0.3, 0.4) is 0 Å². The number of aromatic nitrogens is 4. The highest BCUT2D eigenvalue weighted by molar-refractivity contribution is 7.98. The lowest BCUT2D eigenvalue weighted by atomic mass is 10.2. The summed E-state index contributed by atoms with van der Waals surface area (Å²) in [6.07, 6.45) is 0. The van der Waals surface area contributed by atoms with Crippen molar-refractivity contribution in [2.75, 3.05) is 13.9 Å². The number of methoxy groups -OCH3 is 1. The highest BCUT2D eigenvalue weighted by Crippen LogP contribution is 2.37. The normalized spacial score (nSPS) is 12.3. The second kappa shape index (κ2) is 8.60. The van der Waals surface area contributed by atoms with E-state index in [9.17, 15) is 0 Å². The maximum atomic E-state index is 5.50. The number of benzene rings is 2. The number of para-hydroxylation sites is 1. The third-order valence-corrected chi connectivity index (χ3v) is 6.84. The van der Waals surface area contributed by atoms with Gasteiger partial charge in [-0.15, -0.1) is 21.5 Å². The standard InChI is InChI=1S/C22H20N4O3S2/c1-3-26-20(16-6-4-5-7-17(16)27-2)24-25-22(26)31-12-15-11-30-21(23-15)14-8-9-18-19(10-14)29-13-28-18/h4-11H,3,12-13H2,1-2H3. The van der Waals surface area contributed by atoms with E-state index in [0.717, 1.165) is 56.6 Å². The van der Waals surface area contributed by atoms with E-state index in [1.165, 1.54) is 0 Å². The van der Waals surface area contributed by atoms with Crippen molar-refractivity contribution in [2.45, 2.75) is 24.4 Å². The van der Waals surface area contributed by atoms with Crippen LogP contribution >= 0.6 is 23.1 Å². The lowest BCUT2D eigenvalue weighted by Crippen LogP contribution is -2.01. The van der Waals surface area contributed by atoms with Gasteiger partial charge in [-0.1, -0.05) is 23.9 Å². The number of thiazole rings is 1. The van der Waals surface area contributed by atoms with Gasteiger partial charge < -0.3 is 18.8 Å². The summed E-state index contributed by atoms with van der Waals surface area (Å²) in [6, 6.07) is 13.8. The Morgan fingerprint density at radius 3 is 2.87 bits per heavy atom. The zero-order valence-corrected chi connectivity index (χ0v) is 18.7. The van der Waals surface area contributed by atoms with Crippen LogP contribution < -0.4 is 14.2 Å². The number of nitrogens with zero attached hydrogens (tertiary/aromatic N) is 4. The Hall–Kier alpha value is -3.04. The van der Waals surface area contributed by atoms with Gasteiger partial charge in [0, 0.05) is 23.2 Å². The number of ether oxygens (including phenoxy) is 3. The van der Waals surface area contributed by atoms with Crippen molar-refractivity contribution in [3.05, 3.63) is 53.5 Å². The van der Waals surface area contributed by atoms with Crippen molar-refractivity contribution in [2.24, 2.45) is 0 Å². The van der Waals surface area contributed by atoms with E-state index in [2.05, 4.69) is 27.1 Å². The molecule has 2 aromatic carbocycles. The molecule has 0 aliphatic carbocycles. The second-order valence-corrected chi connectivity index (χ2v) is 8.55. The fourth-order valence-electron chi connectivity index (χ4n) is 3.38. The van der Waals surface area contributed by atoms with Gasteiger partial charge >= 0.3 is 0 Å². The molecule has 0 radical (unpaired) electrons. The van der Waals surface area contributed by atoms with Crippen LogP contribution in [0.25, 0.3) is 22.0 Å². The lowest BCUT2D eigenvalue weighted by Gasteiger charge is -2.10. The molecule has 0 atom stereocenters. The molecule has 1 aliphatic rings. The van der Waals surface area contributed by atoms with Crippen LogP contribution in [0, 0.1) is 0 Å². The Labute approximate surface area is 188 Å². The molecule has 0 fully saturated rings. The monoisotopic (exact) mass is 452 g/mol. The number of fused-ring (bicyclic) bond motifs is 1. The molecule has 1 aliphatic heterocycles. The zero-order valence-electron chi connectivity index (χ0n) is 17.1. The molecule has 0 spiro atoms. The fraction of sp³-hybridized carbons (Fsp3) is 0.227. The molecule has 31 heavy (non-hydrogen) atoms. The molecule has 5 rings (SSSR count). The van der Waals surface area contributed by atoms with Gasteiger partial charge in [0.2, 0.25) is 6.79 Å². The molecule has 2 aromatic heterocycles. The molecule has 0 bridgehead atoms. The van der Waals surface area contributed by atoms with Gasteiger partial charge in [-0.3, -0.25) is 0 Å². The van der Waals surface area contributed by atoms with Crippen LogP contribution in [-0.2, 0) is 12.3 Å². The second-order valence-electron chi connectivity index (χ2n) is 6.75. The van der Waals surface area contributed by atoms with E-state index >= 15 is 0 Å². The number of hydrogen-bond acceptors (Lipinski definition) is 8. The predicted octanol–water partition coefficient (Wildman–Crippen LogP) is 5.12. The quantitative estimate of drug-likeness (QED) is 0.361. The molecular weight excluding hydrogens is 432 g/mol. The minimum Gasteiger partial charge on any atom is -0.496 e. The number of thioether (sulfide) groups is 1. The summed E-state index contributed by atoms with van der Waals surface area (Å²) in [6.45, 7) is 3.13. The summed E-state index contributed by atoms with van der Waals surface area (Å²) < 4.78 is 18.5. The summed E-state index contributed by atoms with van der Waals surface area (Å²) in [5, 5.41) is 12.8. The molecule has 0 amide bonds. The van der Waals surface area contributed by atoms with E-state index in [1.54, 1.807) is 30.2 Å². The summed E-state index contributed by atoms with van der Waals surface area (Å²) >= 11 is 3.25. The van der Waals surface area contributed by atoms with Gasteiger partial charge in [0.15, 0.2) is 22.5 Å². The fourth-order valence-corrected chi connectivity index (χ4v) is 5.20. The van der Waals surface area contributed by atoms with E-state index < -0.39 is 0 Å². The highest BCUT2D eigenvalue weighted by Gasteiger charge is 2.18. The molecule has 4 aromatic rings. The molecule has 0 saturated carbocycles. The molecule has 0 unspecified atom stereocenters.